The molecule has 4 nitrogen and oxygen atoms in total. The summed E-state index contributed by atoms with van der Waals surface area (Å²) in [6, 6.07) is 5.90. The van der Waals surface area contributed by atoms with Gasteiger partial charge in [-0.15, -0.1) is 0 Å². The van der Waals surface area contributed by atoms with Crippen molar-refractivity contribution in [2.45, 2.75) is 13.8 Å². The van der Waals surface area contributed by atoms with E-state index in [2.05, 4.69) is 31.2 Å². The van der Waals surface area contributed by atoms with Crippen molar-refractivity contribution >= 4 is 44.7 Å². The molecule has 0 atom stereocenters. The van der Waals surface area contributed by atoms with E-state index in [-0.39, 0.29) is 5.28 Å². The van der Waals surface area contributed by atoms with Crippen molar-refractivity contribution in [2.24, 2.45) is 0 Å². The first kappa shape index (κ1) is 13.1. The number of aromatic nitrogens is 2. The van der Waals surface area contributed by atoms with Crippen molar-refractivity contribution in [1.82, 2.24) is 9.97 Å². The standard InChI is InChI=1S/C12H12BrClN4/c1-6-4-3-5-8(9(6)13)17-11-10(15)7(2)16-12(14)18-11/h3-5H,15H2,1-2H3,(H,16,17,18). The third kappa shape index (κ3) is 2.57. The minimum absolute atomic E-state index is 0.174. The minimum Gasteiger partial charge on any atom is -0.394 e. The molecular formula is C12H12BrClN4. The van der Waals surface area contributed by atoms with Crippen LogP contribution in [0.4, 0.5) is 17.2 Å². The molecule has 2 rings (SSSR count). The van der Waals surface area contributed by atoms with E-state index in [0.29, 0.717) is 17.2 Å². The first-order chi connectivity index (χ1) is 8.49. The van der Waals surface area contributed by atoms with Crippen LogP contribution < -0.4 is 11.1 Å². The summed E-state index contributed by atoms with van der Waals surface area (Å²) in [5.41, 5.74) is 9.08. The number of anilines is 3. The molecule has 0 radical (unpaired) electrons. The smallest absolute Gasteiger partial charge is 0.224 e. The summed E-state index contributed by atoms with van der Waals surface area (Å²) in [6.45, 7) is 3.80. The Labute approximate surface area is 119 Å². The normalized spacial score (nSPS) is 10.4. The molecule has 1 heterocycles. The summed E-state index contributed by atoms with van der Waals surface area (Å²) >= 11 is 9.35. The quantitative estimate of drug-likeness (QED) is 0.823. The fourth-order valence-corrected chi connectivity index (χ4v) is 2.09. The van der Waals surface area contributed by atoms with E-state index in [1.54, 1.807) is 6.92 Å². The van der Waals surface area contributed by atoms with Crippen molar-refractivity contribution in [3.8, 4) is 0 Å². The number of nitrogens with two attached hydrogens (primary N) is 1. The van der Waals surface area contributed by atoms with Gasteiger partial charge in [0, 0.05) is 4.47 Å². The second kappa shape index (κ2) is 5.12. The van der Waals surface area contributed by atoms with E-state index in [9.17, 15) is 0 Å². The number of nitrogens with zero attached hydrogens (tertiary/aromatic N) is 2. The van der Waals surface area contributed by atoms with Crippen LogP contribution in [0.1, 0.15) is 11.3 Å². The zero-order valence-electron chi connectivity index (χ0n) is 9.96. The molecule has 0 unspecified atom stereocenters. The van der Waals surface area contributed by atoms with Crippen molar-refractivity contribution in [1.29, 1.82) is 0 Å². The second-order valence-electron chi connectivity index (χ2n) is 3.90. The highest BCUT2D eigenvalue weighted by Crippen LogP contribution is 2.30. The maximum atomic E-state index is 5.93. The Balaban J connectivity index is 2.43. The molecule has 0 aliphatic rings. The number of hydrogen-bond donors (Lipinski definition) is 2. The Morgan fingerprint density at radius 1 is 1.28 bits per heavy atom. The first-order valence-corrected chi connectivity index (χ1v) is 6.48. The molecule has 2 aromatic rings. The average molecular weight is 328 g/mol. The maximum Gasteiger partial charge on any atom is 0.224 e. The van der Waals surface area contributed by atoms with Crippen LogP contribution in [0.5, 0.6) is 0 Å². The number of benzene rings is 1. The first-order valence-electron chi connectivity index (χ1n) is 5.31. The van der Waals surface area contributed by atoms with Crippen LogP contribution >= 0.6 is 27.5 Å². The molecule has 18 heavy (non-hydrogen) atoms. The van der Waals surface area contributed by atoms with Crippen LogP contribution in [-0.2, 0) is 0 Å². The number of rotatable bonds is 2. The topological polar surface area (TPSA) is 63.8 Å². The maximum absolute atomic E-state index is 5.93. The Morgan fingerprint density at radius 3 is 2.72 bits per heavy atom. The number of halogens is 2. The highest BCUT2D eigenvalue weighted by atomic mass is 79.9. The van der Waals surface area contributed by atoms with E-state index in [0.717, 1.165) is 15.7 Å². The van der Waals surface area contributed by atoms with Crippen LogP contribution in [0, 0.1) is 13.8 Å². The number of nitrogen functional groups attached to an aromatic ring is 1. The zero-order valence-corrected chi connectivity index (χ0v) is 12.3. The van der Waals surface area contributed by atoms with E-state index >= 15 is 0 Å². The van der Waals surface area contributed by atoms with Crippen molar-refractivity contribution < 1.29 is 0 Å². The van der Waals surface area contributed by atoms with Gasteiger partial charge in [-0.1, -0.05) is 12.1 Å². The highest BCUT2D eigenvalue weighted by molar-refractivity contribution is 9.10. The van der Waals surface area contributed by atoms with Gasteiger partial charge in [0.2, 0.25) is 5.28 Å². The van der Waals surface area contributed by atoms with Gasteiger partial charge in [0.05, 0.1) is 17.1 Å². The molecule has 0 aliphatic heterocycles. The summed E-state index contributed by atoms with van der Waals surface area (Å²) in [6.07, 6.45) is 0. The molecule has 0 bridgehead atoms. The van der Waals surface area contributed by atoms with Crippen LogP contribution in [0.2, 0.25) is 5.28 Å². The Kier molecular flexibility index (Phi) is 3.73. The summed E-state index contributed by atoms with van der Waals surface area (Å²) in [5.74, 6) is 0.513. The van der Waals surface area contributed by atoms with Gasteiger partial charge in [-0.05, 0) is 53.0 Å². The van der Waals surface area contributed by atoms with Gasteiger partial charge in [-0.2, -0.15) is 4.98 Å². The largest absolute Gasteiger partial charge is 0.394 e. The van der Waals surface area contributed by atoms with Gasteiger partial charge in [0.15, 0.2) is 5.82 Å². The molecule has 1 aromatic carbocycles. The Morgan fingerprint density at radius 2 is 2.00 bits per heavy atom. The molecule has 3 N–H and O–H groups in total. The lowest BCUT2D eigenvalue weighted by molar-refractivity contribution is 1.11. The van der Waals surface area contributed by atoms with Gasteiger partial charge in [0.1, 0.15) is 0 Å². The number of aryl methyl sites for hydroxylation is 2. The van der Waals surface area contributed by atoms with Gasteiger partial charge in [-0.3, -0.25) is 0 Å². The molecule has 0 aliphatic carbocycles. The van der Waals surface area contributed by atoms with Crippen LogP contribution in [0.25, 0.3) is 0 Å². The van der Waals surface area contributed by atoms with Gasteiger partial charge < -0.3 is 11.1 Å². The lowest BCUT2D eigenvalue weighted by Gasteiger charge is -2.12. The van der Waals surface area contributed by atoms with Gasteiger partial charge >= 0.3 is 0 Å². The molecule has 0 saturated heterocycles. The minimum atomic E-state index is 0.174. The highest BCUT2D eigenvalue weighted by Gasteiger charge is 2.10. The van der Waals surface area contributed by atoms with Crippen LogP contribution in [-0.4, -0.2) is 9.97 Å². The fourth-order valence-electron chi connectivity index (χ4n) is 1.51. The summed E-state index contributed by atoms with van der Waals surface area (Å²) in [5, 5.41) is 3.33. The monoisotopic (exact) mass is 326 g/mol. The Bertz CT molecular complexity index is 601. The molecule has 0 saturated carbocycles. The van der Waals surface area contributed by atoms with Crippen molar-refractivity contribution in [2.75, 3.05) is 11.1 Å². The van der Waals surface area contributed by atoms with Gasteiger partial charge in [0.25, 0.3) is 0 Å². The van der Waals surface area contributed by atoms with E-state index in [1.807, 2.05) is 25.1 Å². The SMILES string of the molecule is Cc1cccc(Nc2nc(Cl)nc(C)c2N)c1Br. The zero-order chi connectivity index (χ0) is 13.3. The second-order valence-corrected chi connectivity index (χ2v) is 5.03. The lowest BCUT2D eigenvalue weighted by Crippen LogP contribution is -2.04. The molecule has 6 heteroatoms. The molecule has 1 aromatic heterocycles. The predicted octanol–water partition coefficient (Wildman–Crippen LogP) is 3.84. The van der Waals surface area contributed by atoms with E-state index in [4.69, 9.17) is 17.3 Å². The van der Waals surface area contributed by atoms with Crippen LogP contribution in [0.3, 0.4) is 0 Å². The number of hydrogen-bond acceptors (Lipinski definition) is 4. The van der Waals surface area contributed by atoms with E-state index in [1.165, 1.54) is 0 Å². The van der Waals surface area contributed by atoms with Crippen LogP contribution in [0.15, 0.2) is 22.7 Å². The molecule has 0 fully saturated rings. The molecule has 0 spiro atoms. The molecule has 94 valence electrons. The van der Waals surface area contributed by atoms with Gasteiger partial charge in [-0.25, -0.2) is 4.98 Å². The van der Waals surface area contributed by atoms with Crippen molar-refractivity contribution in [3.05, 3.63) is 39.2 Å². The Hall–Kier alpha value is -1.33. The molecule has 0 amide bonds. The third-order valence-corrected chi connectivity index (χ3v) is 3.78. The summed E-state index contributed by atoms with van der Waals surface area (Å²) in [7, 11) is 0. The average Bonchev–Trinajstić information content (AvgIpc) is 2.31. The summed E-state index contributed by atoms with van der Waals surface area (Å²) < 4.78 is 0.969. The lowest BCUT2D eigenvalue weighted by atomic mass is 10.2. The van der Waals surface area contributed by atoms with Crippen molar-refractivity contribution in [3.63, 3.8) is 0 Å². The van der Waals surface area contributed by atoms with E-state index < -0.39 is 0 Å². The number of nitrogens with one attached hydrogen (secondary N) is 1. The fraction of sp³-hybridized carbons (Fsp3) is 0.167. The third-order valence-electron chi connectivity index (χ3n) is 2.55. The molecular weight excluding hydrogens is 316 g/mol. The summed E-state index contributed by atoms with van der Waals surface area (Å²) in [4.78, 5) is 8.09. The predicted molar refractivity (Wildman–Crippen MR) is 78.4 cm³/mol.